The van der Waals surface area contributed by atoms with Gasteiger partial charge in [-0.15, -0.1) is 0 Å². The van der Waals surface area contributed by atoms with E-state index < -0.39 is 15.6 Å². The van der Waals surface area contributed by atoms with Crippen molar-refractivity contribution < 1.29 is 13.2 Å². The Bertz CT molecular complexity index is 1270. The van der Waals surface area contributed by atoms with Crippen molar-refractivity contribution in [2.75, 3.05) is 24.5 Å². The Balaban J connectivity index is 1.84. The van der Waals surface area contributed by atoms with Crippen LogP contribution in [-0.4, -0.2) is 43.2 Å². The minimum Gasteiger partial charge on any atom is -0.325 e. The van der Waals surface area contributed by atoms with Crippen LogP contribution in [0.1, 0.15) is 54.6 Å². The second-order valence-corrected chi connectivity index (χ2v) is 10.1. The van der Waals surface area contributed by atoms with Crippen LogP contribution < -0.4 is 10.5 Å². The third kappa shape index (κ3) is 4.72. The first-order valence-corrected chi connectivity index (χ1v) is 12.7. The molecule has 33 heavy (non-hydrogen) atoms. The lowest BCUT2D eigenvalue weighted by molar-refractivity contribution is -0.118. The van der Waals surface area contributed by atoms with Gasteiger partial charge in [-0.2, -0.15) is 9.57 Å². The Hall–Kier alpha value is -2.96. The van der Waals surface area contributed by atoms with Gasteiger partial charge < -0.3 is 9.88 Å². The fraction of sp³-hybridized carbons (Fsp3) is 0.458. The number of H-pyrrole nitrogens is 1. The van der Waals surface area contributed by atoms with Gasteiger partial charge in [0.25, 0.3) is 5.56 Å². The molecule has 1 amide bonds. The van der Waals surface area contributed by atoms with E-state index in [4.69, 9.17) is 0 Å². The zero-order valence-electron chi connectivity index (χ0n) is 19.6. The van der Waals surface area contributed by atoms with Gasteiger partial charge in [0, 0.05) is 37.4 Å². The number of sulfonamides is 1. The lowest BCUT2D eigenvalue weighted by Gasteiger charge is -2.30. The van der Waals surface area contributed by atoms with Crippen molar-refractivity contribution in [3.8, 4) is 6.07 Å². The molecule has 8 nitrogen and oxygen atoms in total. The van der Waals surface area contributed by atoms with Gasteiger partial charge in [-0.05, 0) is 68.0 Å². The molecular formula is C24H30N4O4S. The molecule has 9 heteroatoms. The molecule has 1 N–H and O–H groups in total. The molecule has 0 bridgehead atoms. The van der Waals surface area contributed by atoms with Gasteiger partial charge in [-0.25, -0.2) is 8.42 Å². The predicted molar refractivity (Wildman–Crippen MR) is 127 cm³/mol. The topological polar surface area (TPSA) is 114 Å². The molecule has 1 aliphatic heterocycles. The highest BCUT2D eigenvalue weighted by molar-refractivity contribution is 7.89. The SMILES string of the molecule is CCN(CC)S(=O)(=O)c1ccc2c(c1)CCCN2C(=O)CCc1c(C)[nH]c(=O)c(C#N)c1C. The fourth-order valence-electron chi connectivity index (χ4n) is 4.49. The highest BCUT2D eigenvalue weighted by Crippen LogP contribution is 2.31. The summed E-state index contributed by atoms with van der Waals surface area (Å²) < 4.78 is 27.2. The maximum Gasteiger partial charge on any atom is 0.266 e. The number of aromatic nitrogens is 1. The van der Waals surface area contributed by atoms with E-state index in [1.807, 2.05) is 19.9 Å². The number of carbonyl (C=O) groups is 1. The molecule has 0 radical (unpaired) electrons. The number of anilines is 1. The molecule has 0 fully saturated rings. The number of carbonyl (C=O) groups excluding carboxylic acids is 1. The number of hydrogen-bond acceptors (Lipinski definition) is 5. The first-order valence-electron chi connectivity index (χ1n) is 11.2. The molecule has 2 heterocycles. The first-order chi connectivity index (χ1) is 15.6. The molecule has 1 aromatic carbocycles. The average molecular weight is 471 g/mol. The fourth-order valence-corrected chi connectivity index (χ4v) is 6.00. The number of hydrogen-bond donors (Lipinski definition) is 1. The minimum absolute atomic E-state index is 0.0705. The average Bonchev–Trinajstić information content (AvgIpc) is 2.78. The van der Waals surface area contributed by atoms with Gasteiger partial charge in [-0.3, -0.25) is 9.59 Å². The molecule has 2 aromatic rings. The van der Waals surface area contributed by atoms with Crippen molar-refractivity contribution >= 4 is 21.6 Å². The van der Waals surface area contributed by atoms with Crippen molar-refractivity contribution in [3.63, 3.8) is 0 Å². The standard InChI is InChI=1S/C24H30N4O4S/c1-5-27(6-2)33(31,32)19-9-11-22-18(14-19)8-7-13-28(22)23(29)12-10-20-16(3)21(15-25)24(30)26-17(20)4/h9,11,14H,5-8,10,12-13H2,1-4H3,(H,26,30). The first kappa shape index (κ1) is 24.7. The van der Waals surface area contributed by atoms with Crippen molar-refractivity contribution in [2.45, 2.75) is 58.3 Å². The predicted octanol–water partition coefficient (Wildman–Crippen LogP) is 2.81. The van der Waals surface area contributed by atoms with Crippen LogP contribution in [0.5, 0.6) is 0 Å². The Labute approximate surface area is 194 Å². The van der Waals surface area contributed by atoms with E-state index in [-0.39, 0.29) is 22.8 Å². The largest absolute Gasteiger partial charge is 0.325 e. The third-order valence-electron chi connectivity index (χ3n) is 6.32. The Kier molecular flexibility index (Phi) is 7.40. The van der Waals surface area contributed by atoms with Gasteiger partial charge in [0.05, 0.1) is 4.90 Å². The molecule has 0 saturated heterocycles. The van der Waals surface area contributed by atoms with Crippen molar-refractivity contribution in [2.24, 2.45) is 0 Å². The maximum atomic E-state index is 13.1. The lowest BCUT2D eigenvalue weighted by Crippen LogP contribution is -2.36. The zero-order chi connectivity index (χ0) is 24.3. The molecule has 0 saturated carbocycles. The highest BCUT2D eigenvalue weighted by atomic mass is 32.2. The van der Waals surface area contributed by atoms with E-state index in [0.717, 1.165) is 23.2 Å². The monoisotopic (exact) mass is 470 g/mol. The van der Waals surface area contributed by atoms with Gasteiger partial charge in [0.15, 0.2) is 0 Å². The number of rotatable bonds is 7. The van der Waals surface area contributed by atoms with E-state index in [0.29, 0.717) is 43.7 Å². The molecule has 0 unspecified atom stereocenters. The molecule has 1 aromatic heterocycles. The number of aryl methyl sites for hydroxylation is 2. The van der Waals surface area contributed by atoms with Crippen LogP contribution in [0.15, 0.2) is 27.9 Å². The van der Waals surface area contributed by atoms with Gasteiger partial charge in [0.2, 0.25) is 15.9 Å². The van der Waals surface area contributed by atoms with Crippen LogP contribution in [0.2, 0.25) is 0 Å². The van der Waals surface area contributed by atoms with Crippen molar-refractivity contribution in [3.05, 3.63) is 56.5 Å². The van der Waals surface area contributed by atoms with Gasteiger partial charge >= 0.3 is 0 Å². The van der Waals surface area contributed by atoms with Crippen LogP contribution in [0.4, 0.5) is 5.69 Å². The third-order valence-corrected chi connectivity index (χ3v) is 8.37. The summed E-state index contributed by atoms with van der Waals surface area (Å²) in [5, 5.41) is 9.26. The second-order valence-electron chi connectivity index (χ2n) is 8.20. The molecule has 0 atom stereocenters. The minimum atomic E-state index is -3.56. The molecule has 1 aliphatic rings. The highest BCUT2D eigenvalue weighted by Gasteiger charge is 2.27. The number of nitriles is 1. The zero-order valence-corrected chi connectivity index (χ0v) is 20.4. The summed E-state index contributed by atoms with van der Waals surface area (Å²) in [5.41, 5.74) is 3.34. The number of pyridine rings is 1. The summed E-state index contributed by atoms with van der Waals surface area (Å²) in [5.74, 6) is -0.0705. The number of fused-ring (bicyclic) bond motifs is 1. The molecule has 176 valence electrons. The number of benzene rings is 1. The van der Waals surface area contributed by atoms with E-state index >= 15 is 0 Å². The van der Waals surface area contributed by atoms with E-state index in [2.05, 4.69) is 4.98 Å². The Morgan fingerprint density at radius 1 is 1.24 bits per heavy atom. The van der Waals surface area contributed by atoms with Crippen LogP contribution >= 0.6 is 0 Å². The van der Waals surface area contributed by atoms with Crippen molar-refractivity contribution in [1.29, 1.82) is 5.26 Å². The normalized spacial score (nSPS) is 13.6. The second kappa shape index (κ2) is 9.89. The molecule has 0 aliphatic carbocycles. The number of nitrogens with one attached hydrogen (secondary N) is 1. The van der Waals surface area contributed by atoms with Crippen molar-refractivity contribution in [1.82, 2.24) is 9.29 Å². The summed E-state index contributed by atoms with van der Waals surface area (Å²) in [6, 6.07) is 6.94. The van der Waals surface area contributed by atoms with E-state index in [1.54, 1.807) is 36.9 Å². The van der Waals surface area contributed by atoms with E-state index in [9.17, 15) is 23.3 Å². The summed E-state index contributed by atoms with van der Waals surface area (Å²) in [6.07, 6.45) is 2.09. The number of amides is 1. The van der Waals surface area contributed by atoms with Crippen LogP contribution in [0.3, 0.4) is 0 Å². The summed E-state index contributed by atoms with van der Waals surface area (Å²) in [4.78, 5) is 29.7. The quantitative estimate of drug-likeness (QED) is 0.668. The molecule has 3 rings (SSSR count). The van der Waals surface area contributed by atoms with Crippen LogP contribution in [0, 0.1) is 25.2 Å². The molecular weight excluding hydrogens is 440 g/mol. The van der Waals surface area contributed by atoms with E-state index in [1.165, 1.54) is 4.31 Å². The van der Waals surface area contributed by atoms with Crippen LogP contribution in [0.25, 0.3) is 0 Å². The van der Waals surface area contributed by atoms with Crippen LogP contribution in [-0.2, 0) is 27.7 Å². The number of aromatic amines is 1. The smallest absolute Gasteiger partial charge is 0.266 e. The Morgan fingerprint density at radius 2 is 1.94 bits per heavy atom. The lowest BCUT2D eigenvalue weighted by atomic mass is 9.97. The summed E-state index contributed by atoms with van der Waals surface area (Å²) in [6.45, 7) is 8.49. The summed E-state index contributed by atoms with van der Waals surface area (Å²) in [7, 11) is -3.56. The Morgan fingerprint density at radius 3 is 2.58 bits per heavy atom. The maximum absolute atomic E-state index is 13.1. The molecule has 0 spiro atoms. The van der Waals surface area contributed by atoms with Gasteiger partial charge in [0.1, 0.15) is 11.6 Å². The summed E-state index contributed by atoms with van der Waals surface area (Å²) >= 11 is 0. The van der Waals surface area contributed by atoms with Gasteiger partial charge in [-0.1, -0.05) is 13.8 Å². The number of nitrogens with zero attached hydrogens (tertiary/aromatic N) is 3.